The molecule has 3 aliphatic heterocycles. The third kappa shape index (κ3) is 5.63. The van der Waals surface area contributed by atoms with Crippen molar-refractivity contribution in [1.29, 1.82) is 0 Å². The number of rotatable bonds is 14. The molecular formula is C36H44ClN3O6. The summed E-state index contributed by atoms with van der Waals surface area (Å²) in [5.74, 6) is -2.16. The molecule has 3 heterocycles. The summed E-state index contributed by atoms with van der Waals surface area (Å²) in [5.41, 5.74) is -0.124. The summed E-state index contributed by atoms with van der Waals surface area (Å²) >= 11 is 6.59. The van der Waals surface area contributed by atoms with E-state index in [0.29, 0.717) is 48.0 Å². The molecule has 1 N–H and O–H groups in total. The second-order valence-corrected chi connectivity index (χ2v) is 12.7. The van der Waals surface area contributed by atoms with Gasteiger partial charge in [-0.05, 0) is 62.1 Å². The lowest BCUT2D eigenvalue weighted by Gasteiger charge is -2.41. The molecule has 3 amide bonds. The highest BCUT2D eigenvalue weighted by atomic mass is 35.5. The smallest absolute Gasteiger partial charge is 0.253 e. The number of para-hydroxylation sites is 1. The van der Waals surface area contributed by atoms with Crippen molar-refractivity contribution in [2.24, 2.45) is 17.8 Å². The lowest BCUT2D eigenvalue weighted by molar-refractivity contribution is -0.145. The van der Waals surface area contributed by atoms with Gasteiger partial charge < -0.3 is 29.3 Å². The Morgan fingerprint density at radius 3 is 2.39 bits per heavy atom. The van der Waals surface area contributed by atoms with Crippen molar-refractivity contribution in [2.45, 2.75) is 63.8 Å². The number of hydrogen-bond donors (Lipinski definition) is 1. The van der Waals surface area contributed by atoms with Crippen LogP contribution in [0.25, 0.3) is 0 Å². The molecule has 10 heteroatoms. The van der Waals surface area contributed by atoms with E-state index in [0.717, 1.165) is 0 Å². The van der Waals surface area contributed by atoms with E-state index in [-0.39, 0.29) is 43.3 Å². The number of benzene rings is 2. The molecule has 0 saturated carbocycles. The fourth-order valence-corrected chi connectivity index (χ4v) is 7.84. The Labute approximate surface area is 276 Å². The quantitative estimate of drug-likeness (QED) is 0.281. The summed E-state index contributed by atoms with van der Waals surface area (Å²) in [6.07, 6.45) is 4.33. The zero-order valence-electron chi connectivity index (χ0n) is 26.8. The molecule has 5 rings (SSSR count). The van der Waals surface area contributed by atoms with Crippen molar-refractivity contribution in [1.82, 2.24) is 4.90 Å². The van der Waals surface area contributed by atoms with Gasteiger partial charge in [0, 0.05) is 18.8 Å². The molecular weight excluding hydrogens is 606 g/mol. The molecule has 0 radical (unpaired) electrons. The maximum atomic E-state index is 14.9. The standard InChI is InChI=1S/C36H44ClN3O6/c1-6-20-38(24-14-16-25(17-15-24)45-9-4)33(42)30-29-18-19-36(46-29)31(30)34(43)40(28(22-41)23(5)8-3)32(36)35(44)39(21-7-2)27-13-11-10-12-26(27)37/h6-7,10-17,23,28-32,41H,1-2,8-9,18-22H2,3-5H3/t23-,28-,29+,30-,31-,32?,36?/m0/s1. The van der Waals surface area contributed by atoms with Crippen LogP contribution in [0.1, 0.15) is 40.0 Å². The van der Waals surface area contributed by atoms with Gasteiger partial charge in [0.25, 0.3) is 5.91 Å². The third-order valence-electron chi connectivity index (χ3n) is 9.86. The van der Waals surface area contributed by atoms with Gasteiger partial charge >= 0.3 is 0 Å². The fourth-order valence-electron chi connectivity index (χ4n) is 7.60. The van der Waals surface area contributed by atoms with Crippen LogP contribution in [0.2, 0.25) is 5.02 Å². The number of anilines is 2. The van der Waals surface area contributed by atoms with Crippen molar-refractivity contribution in [3.63, 3.8) is 0 Å². The molecule has 7 atom stereocenters. The molecule has 2 bridgehead atoms. The number of fused-ring (bicyclic) bond motifs is 1. The van der Waals surface area contributed by atoms with Crippen molar-refractivity contribution in [3.8, 4) is 5.75 Å². The molecule has 2 aromatic carbocycles. The topological polar surface area (TPSA) is 99.6 Å². The SMILES string of the molecule is C=CCN(C(=O)[C@@H]1[C@H]2C(=O)N([C@@H](CO)[C@@H](C)CC)C(C(=O)N(CC=C)c3ccccc3Cl)C23CC[C@H]1O3)c1ccc(OCC)cc1. The minimum atomic E-state index is -1.25. The number of carbonyl (C=O) groups is 3. The molecule has 3 saturated heterocycles. The first-order valence-corrected chi connectivity index (χ1v) is 16.5. The zero-order chi connectivity index (χ0) is 33.2. The summed E-state index contributed by atoms with van der Waals surface area (Å²) in [6.45, 7) is 14.1. The highest BCUT2D eigenvalue weighted by molar-refractivity contribution is 6.34. The molecule has 2 aromatic rings. The highest BCUT2D eigenvalue weighted by Crippen LogP contribution is 2.60. The number of aliphatic hydroxyl groups is 1. The molecule has 46 heavy (non-hydrogen) atoms. The predicted molar refractivity (Wildman–Crippen MR) is 179 cm³/mol. The molecule has 1 spiro atoms. The first kappa shape index (κ1) is 33.7. The summed E-state index contributed by atoms with van der Waals surface area (Å²) in [5, 5.41) is 11.1. The Morgan fingerprint density at radius 1 is 1.11 bits per heavy atom. The van der Waals surface area contributed by atoms with Gasteiger partial charge in [0.2, 0.25) is 11.8 Å². The minimum absolute atomic E-state index is 0.125. The van der Waals surface area contributed by atoms with Gasteiger partial charge in [-0.15, -0.1) is 13.2 Å². The van der Waals surface area contributed by atoms with E-state index in [1.165, 1.54) is 9.80 Å². The summed E-state index contributed by atoms with van der Waals surface area (Å²) < 4.78 is 12.3. The molecule has 0 aliphatic carbocycles. The van der Waals surface area contributed by atoms with Crippen LogP contribution in [0.4, 0.5) is 11.4 Å². The van der Waals surface area contributed by atoms with Crippen LogP contribution in [0.5, 0.6) is 5.75 Å². The molecule has 3 aliphatic rings. The summed E-state index contributed by atoms with van der Waals surface area (Å²) in [7, 11) is 0. The predicted octanol–water partition coefficient (Wildman–Crippen LogP) is 5.26. The molecule has 246 valence electrons. The van der Waals surface area contributed by atoms with E-state index in [2.05, 4.69) is 13.2 Å². The minimum Gasteiger partial charge on any atom is -0.494 e. The first-order chi connectivity index (χ1) is 22.2. The second kappa shape index (κ2) is 14.0. The van der Waals surface area contributed by atoms with Crippen LogP contribution >= 0.6 is 11.6 Å². The van der Waals surface area contributed by atoms with Crippen molar-refractivity contribution >= 4 is 40.7 Å². The van der Waals surface area contributed by atoms with Crippen LogP contribution in [0.15, 0.2) is 73.8 Å². The molecule has 9 nitrogen and oxygen atoms in total. The third-order valence-corrected chi connectivity index (χ3v) is 10.2. The summed E-state index contributed by atoms with van der Waals surface area (Å²) in [4.78, 5) is 48.8. The summed E-state index contributed by atoms with van der Waals surface area (Å²) in [6, 6.07) is 12.5. The van der Waals surface area contributed by atoms with Crippen LogP contribution in [0.3, 0.4) is 0 Å². The molecule has 0 aromatic heterocycles. The largest absolute Gasteiger partial charge is 0.494 e. The van der Waals surface area contributed by atoms with Gasteiger partial charge in [-0.2, -0.15) is 0 Å². The number of nitrogens with zero attached hydrogens (tertiary/aromatic N) is 3. The fraction of sp³-hybridized carbons (Fsp3) is 0.472. The van der Waals surface area contributed by atoms with Gasteiger partial charge in [-0.25, -0.2) is 0 Å². The Bertz CT molecular complexity index is 1470. The van der Waals surface area contributed by atoms with Crippen molar-refractivity contribution in [2.75, 3.05) is 36.1 Å². The highest BCUT2D eigenvalue weighted by Gasteiger charge is 2.75. The number of carbonyl (C=O) groups excluding carboxylic acids is 3. The van der Waals surface area contributed by atoms with Crippen LogP contribution in [-0.2, 0) is 19.1 Å². The average molecular weight is 650 g/mol. The average Bonchev–Trinajstić information content (AvgIpc) is 3.71. The van der Waals surface area contributed by atoms with E-state index in [1.807, 2.05) is 32.9 Å². The Balaban J connectivity index is 1.60. The Hall–Kier alpha value is -3.66. The van der Waals surface area contributed by atoms with Gasteiger partial charge in [0.1, 0.15) is 17.4 Å². The van der Waals surface area contributed by atoms with E-state index >= 15 is 0 Å². The number of hydrogen-bond acceptors (Lipinski definition) is 6. The first-order valence-electron chi connectivity index (χ1n) is 16.1. The zero-order valence-corrected chi connectivity index (χ0v) is 27.6. The van der Waals surface area contributed by atoms with E-state index < -0.39 is 35.6 Å². The Kier molecular flexibility index (Phi) is 10.2. The lowest BCUT2D eigenvalue weighted by Crippen LogP contribution is -2.60. The van der Waals surface area contributed by atoms with Crippen molar-refractivity contribution < 1.29 is 29.0 Å². The van der Waals surface area contributed by atoms with E-state index in [9.17, 15) is 19.5 Å². The number of halogens is 1. The van der Waals surface area contributed by atoms with Gasteiger partial charge in [0.05, 0.1) is 47.9 Å². The van der Waals surface area contributed by atoms with E-state index in [4.69, 9.17) is 21.1 Å². The van der Waals surface area contributed by atoms with Gasteiger partial charge in [-0.3, -0.25) is 14.4 Å². The number of amides is 3. The maximum Gasteiger partial charge on any atom is 0.253 e. The second-order valence-electron chi connectivity index (χ2n) is 12.3. The normalized spacial score (nSPS) is 25.9. The lowest BCUT2D eigenvalue weighted by atomic mass is 9.70. The Morgan fingerprint density at radius 2 is 1.78 bits per heavy atom. The van der Waals surface area contributed by atoms with Gasteiger partial charge in [-0.1, -0.05) is 56.2 Å². The molecule has 3 fully saturated rings. The van der Waals surface area contributed by atoms with E-state index in [1.54, 1.807) is 53.5 Å². The van der Waals surface area contributed by atoms with Crippen LogP contribution in [0, 0.1) is 17.8 Å². The number of aliphatic hydroxyl groups excluding tert-OH is 1. The number of ether oxygens (including phenoxy) is 2. The van der Waals surface area contributed by atoms with Crippen LogP contribution in [-0.4, -0.2) is 77.8 Å². The maximum absolute atomic E-state index is 14.9. The number of likely N-dealkylation sites (tertiary alicyclic amines) is 1. The van der Waals surface area contributed by atoms with Gasteiger partial charge in [0.15, 0.2) is 0 Å². The van der Waals surface area contributed by atoms with Crippen molar-refractivity contribution in [3.05, 3.63) is 78.9 Å². The molecule has 2 unspecified atom stereocenters. The van der Waals surface area contributed by atoms with Crippen LogP contribution < -0.4 is 14.5 Å². The monoisotopic (exact) mass is 649 g/mol.